The summed E-state index contributed by atoms with van der Waals surface area (Å²) >= 11 is 5.84. The minimum atomic E-state index is -0.147. The van der Waals surface area contributed by atoms with Crippen LogP contribution < -0.4 is 5.32 Å². The number of hydrogen-bond donors (Lipinski definition) is 1. The van der Waals surface area contributed by atoms with E-state index in [4.69, 9.17) is 11.6 Å². The standard InChI is InChI=1S/C16H21ClFN/c1-19-10-16(8-11-2-4-13(16)6-11)9-12-3-5-14(17)7-15(12)18/h3,5,7,11,13,19H,2,4,6,8-10H2,1H3. The molecule has 104 valence electrons. The number of halogens is 2. The van der Waals surface area contributed by atoms with Crippen molar-refractivity contribution in [1.29, 1.82) is 0 Å². The SMILES string of the molecule is CNCC1(Cc2ccc(Cl)cc2F)CC2CCC1C2. The Morgan fingerprint density at radius 1 is 1.42 bits per heavy atom. The van der Waals surface area contributed by atoms with E-state index in [0.717, 1.165) is 30.4 Å². The van der Waals surface area contributed by atoms with Crippen LogP contribution in [-0.4, -0.2) is 13.6 Å². The molecule has 0 spiro atoms. The second-order valence-corrected chi connectivity index (χ2v) is 6.82. The number of hydrogen-bond acceptors (Lipinski definition) is 1. The predicted molar refractivity (Wildman–Crippen MR) is 76.9 cm³/mol. The third-order valence-corrected chi connectivity index (χ3v) is 5.42. The highest BCUT2D eigenvalue weighted by molar-refractivity contribution is 6.30. The number of benzene rings is 1. The first-order chi connectivity index (χ1) is 9.13. The van der Waals surface area contributed by atoms with E-state index in [9.17, 15) is 4.39 Å². The summed E-state index contributed by atoms with van der Waals surface area (Å²) in [6.45, 7) is 0.996. The average Bonchev–Trinajstić information content (AvgIpc) is 2.94. The number of fused-ring (bicyclic) bond motifs is 2. The average molecular weight is 282 g/mol. The molecule has 2 bridgehead atoms. The van der Waals surface area contributed by atoms with Crippen LogP contribution in [0, 0.1) is 23.1 Å². The highest BCUT2D eigenvalue weighted by atomic mass is 35.5. The molecule has 1 nitrogen and oxygen atoms in total. The normalized spacial score (nSPS) is 33.0. The van der Waals surface area contributed by atoms with E-state index in [0.29, 0.717) is 5.02 Å². The first kappa shape index (κ1) is 13.4. The van der Waals surface area contributed by atoms with E-state index in [-0.39, 0.29) is 11.2 Å². The zero-order valence-corrected chi connectivity index (χ0v) is 12.1. The van der Waals surface area contributed by atoms with Gasteiger partial charge in [-0.15, -0.1) is 0 Å². The van der Waals surface area contributed by atoms with Crippen molar-refractivity contribution in [3.63, 3.8) is 0 Å². The van der Waals surface area contributed by atoms with Crippen molar-refractivity contribution in [2.75, 3.05) is 13.6 Å². The van der Waals surface area contributed by atoms with Crippen molar-refractivity contribution >= 4 is 11.6 Å². The van der Waals surface area contributed by atoms with Crippen LogP contribution in [-0.2, 0) is 6.42 Å². The number of rotatable bonds is 4. The lowest BCUT2D eigenvalue weighted by atomic mass is 9.69. The van der Waals surface area contributed by atoms with Crippen LogP contribution >= 0.6 is 11.6 Å². The third-order valence-electron chi connectivity index (χ3n) is 5.19. The van der Waals surface area contributed by atoms with Crippen LogP contribution in [0.1, 0.15) is 31.2 Å². The summed E-state index contributed by atoms with van der Waals surface area (Å²) in [5.74, 6) is 1.49. The molecule has 0 heterocycles. The zero-order valence-electron chi connectivity index (χ0n) is 11.4. The van der Waals surface area contributed by atoms with Crippen molar-refractivity contribution in [1.82, 2.24) is 5.32 Å². The summed E-state index contributed by atoms with van der Waals surface area (Å²) in [6, 6.07) is 5.11. The monoisotopic (exact) mass is 281 g/mol. The molecule has 1 N–H and O–H groups in total. The maximum atomic E-state index is 14.1. The lowest BCUT2D eigenvalue weighted by molar-refractivity contribution is 0.158. The Hall–Kier alpha value is -0.600. The van der Waals surface area contributed by atoms with E-state index in [1.54, 1.807) is 6.07 Å². The Labute approximate surface area is 119 Å². The molecule has 19 heavy (non-hydrogen) atoms. The van der Waals surface area contributed by atoms with E-state index >= 15 is 0 Å². The van der Waals surface area contributed by atoms with E-state index < -0.39 is 0 Å². The van der Waals surface area contributed by atoms with Crippen LogP contribution in [0.2, 0.25) is 5.02 Å². The molecule has 1 aromatic carbocycles. The fraction of sp³-hybridized carbons (Fsp3) is 0.625. The van der Waals surface area contributed by atoms with Gasteiger partial charge in [-0.1, -0.05) is 24.1 Å². The molecule has 0 amide bonds. The van der Waals surface area contributed by atoms with Crippen molar-refractivity contribution in [3.05, 3.63) is 34.6 Å². The van der Waals surface area contributed by atoms with E-state index in [2.05, 4.69) is 5.32 Å². The molecule has 1 aromatic rings. The first-order valence-corrected chi connectivity index (χ1v) is 7.59. The quantitative estimate of drug-likeness (QED) is 0.878. The Morgan fingerprint density at radius 3 is 2.84 bits per heavy atom. The fourth-order valence-electron chi connectivity index (χ4n) is 4.45. The van der Waals surface area contributed by atoms with E-state index in [1.807, 2.05) is 13.1 Å². The van der Waals surface area contributed by atoms with Crippen molar-refractivity contribution < 1.29 is 4.39 Å². The van der Waals surface area contributed by atoms with Crippen molar-refractivity contribution in [2.24, 2.45) is 17.3 Å². The summed E-state index contributed by atoms with van der Waals surface area (Å²) < 4.78 is 14.1. The summed E-state index contributed by atoms with van der Waals surface area (Å²) in [5, 5.41) is 3.82. The molecule has 2 fully saturated rings. The molecule has 2 aliphatic rings. The Balaban J connectivity index is 1.86. The van der Waals surface area contributed by atoms with Crippen LogP contribution in [0.4, 0.5) is 4.39 Å². The molecule has 0 saturated heterocycles. The minimum absolute atomic E-state index is 0.147. The van der Waals surface area contributed by atoms with Crippen LogP contribution in [0.5, 0.6) is 0 Å². The molecule has 3 unspecified atom stereocenters. The second-order valence-electron chi connectivity index (χ2n) is 6.39. The molecule has 3 heteroatoms. The van der Waals surface area contributed by atoms with Gasteiger partial charge in [0.05, 0.1) is 0 Å². The molecular formula is C16H21ClFN. The van der Waals surface area contributed by atoms with Gasteiger partial charge in [-0.25, -0.2) is 4.39 Å². The van der Waals surface area contributed by atoms with Crippen LogP contribution in [0.3, 0.4) is 0 Å². The zero-order chi connectivity index (χ0) is 13.5. The summed E-state index contributed by atoms with van der Waals surface area (Å²) in [7, 11) is 2.01. The van der Waals surface area contributed by atoms with Crippen LogP contribution in [0.25, 0.3) is 0 Å². The van der Waals surface area contributed by atoms with Gasteiger partial charge >= 0.3 is 0 Å². The molecule has 3 rings (SSSR count). The van der Waals surface area contributed by atoms with Gasteiger partial charge in [0.25, 0.3) is 0 Å². The lowest BCUT2D eigenvalue weighted by Gasteiger charge is -2.38. The smallest absolute Gasteiger partial charge is 0.127 e. The number of nitrogens with one attached hydrogen (secondary N) is 1. The Bertz CT molecular complexity index is 476. The van der Waals surface area contributed by atoms with Gasteiger partial charge in [0.1, 0.15) is 5.82 Å². The molecule has 0 radical (unpaired) electrons. The fourth-order valence-corrected chi connectivity index (χ4v) is 4.61. The first-order valence-electron chi connectivity index (χ1n) is 7.21. The van der Waals surface area contributed by atoms with Crippen molar-refractivity contribution in [2.45, 2.75) is 32.1 Å². The largest absolute Gasteiger partial charge is 0.319 e. The minimum Gasteiger partial charge on any atom is -0.319 e. The van der Waals surface area contributed by atoms with E-state index in [1.165, 1.54) is 31.7 Å². The maximum Gasteiger partial charge on any atom is 0.127 e. The van der Waals surface area contributed by atoms with Gasteiger partial charge in [-0.05, 0) is 67.7 Å². The Kier molecular flexibility index (Phi) is 3.57. The molecule has 0 aliphatic heterocycles. The summed E-state index contributed by atoms with van der Waals surface area (Å²) in [6.07, 6.45) is 6.14. The second kappa shape index (κ2) is 5.06. The third kappa shape index (κ3) is 2.41. The molecule has 2 saturated carbocycles. The van der Waals surface area contributed by atoms with Crippen LogP contribution in [0.15, 0.2) is 18.2 Å². The lowest BCUT2D eigenvalue weighted by Crippen LogP contribution is -2.39. The molecule has 2 aliphatic carbocycles. The topological polar surface area (TPSA) is 12.0 Å². The molecule has 3 atom stereocenters. The molecular weight excluding hydrogens is 261 g/mol. The maximum absolute atomic E-state index is 14.1. The van der Waals surface area contributed by atoms with Gasteiger partial charge in [-0.2, -0.15) is 0 Å². The summed E-state index contributed by atoms with van der Waals surface area (Å²) in [5.41, 5.74) is 1.08. The van der Waals surface area contributed by atoms with Gasteiger partial charge in [0, 0.05) is 11.6 Å². The Morgan fingerprint density at radius 2 is 2.26 bits per heavy atom. The van der Waals surface area contributed by atoms with Crippen molar-refractivity contribution in [3.8, 4) is 0 Å². The molecule has 0 aromatic heterocycles. The highest BCUT2D eigenvalue weighted by Gasteiger charge is 2.50. The predicted octanol–water partition coefficient (Wildman–Crippen LogP) is 4.05. The van der Waals surface area contributed by atoms with Gasteiger partial charge in [-0.3, -0.25) is 0 Å². The highest BCUT2D eigenvalue weighted by Crippen LogP contribution is 2.57. The summed E-state index contributed by atoms with van der Waals surface area (Å²) in [4.78, 5) is 0. The van der Waals surface area contributed by atoms with Gasteiger partial charge in [0.2, 0.25) is 0 Å². The van der Waals surface area contributed by atoms with Gasteiger partial charge < -0.3 is 5.32 Å². The van der Waals surface area contributed by atoms with Gasteiger partial charge in [0.15, 0.2) is 0 Å².